The molecule has 2 fully saturated rings. The van der Waals surface area contributed by atoms with Crippen molar-refractivity contribution >= 4 is 11.6 Å². The number of halogens is 4. The molecule has 8 nitrogen and oxygen atoms in total. The monoisotopic (exact) mass is 573 g/mol. The Morgan fingerprint density at radius 1 is 1.17 bits per heavy atom. The van der Waals surface area contributed by atoms with Crippen molar-refractivity contribution in [2.75, 3.05) is 31.2 Å². The van der Waals surface area contributed by atoms with E-state index in [0.29, 0.717) is 36.3 Å². The van der Waals surface area contributed by atoms with Crippen molar-refractivity contribution in [3.8, 4) is 0 Å². The standard InChI is InChI=1S/C29H31F4N5O3/c1-3-7-27(40)13-37(14-27)11-18-8-21-22(23(9-18)29(31,32)33)12-38(26(21)39)20-6-4-5-19(10-20)28(15-41-16-28)24(30)25-35-34-17-36(25)2/h4-6,8-10,17,24,40H,3,7,11-16H2,1-2H3. The molecule has 2 aromatic carbocycles. The molecule has 1 atom stereocenters. The minimum absolute atomic E-state index is 0.00807. The lowest BCUT2D eigenvalue weighted by Gasteiger charge is -2.46. The number of benzene rings is 2. The summed E-state index contributed by atoms with van der Waals surface area (Å²) in [6.45, 7) is 2.85. The number of β-amino-alcohol motifs (C(OH)–C–C–N with tert-alkyl or cyclic N) is 1. The first kappa shape index (κ1) is 27.8. The number of aliphatic hydroxyl groups is 1. The van der Waals surface area contributed by atoms with E-state index in [1.54, 1.807) is 31.3 Å². The van der Waals surface area contributed by atoms with Crippen LogP contribution >= 0.6 is 0 Å². The molecule has 3 aromatic rings. The second-order valence-corrected chi connectivity index (χ2v) is 11.5. The van der Waals surface area contributed by atoms with E-state index in [4.69, 9.17) is 4.74 Å². The van der Waals surface area contributed by atoms with Gasteiger partial charge in [0.2, 0.25) is 0 Å². The van der Waals surface area contributed by atoms with Crippen LogP contribution in [0.15, 0.2) is 42.7 Å². The molecule has 0 radical (unpaired) electrons. The summed E-state index contributed by atoms with van der Waals surface area (Å²) in [5, 5.41) is 18.2. The molecule has 12 heteroatoms. The number of fused-ring (bicyclic) bond motifs is 1. The van der Waals surface area contributed by atoms with Gasteiger partial charge in [-0.2, -0.15) is 13.2 Å². The molecule has 1 aromatic heterocycles. The van der Waals surface area contributed by atoms with Crippen LogP contribution in [0.5, 0.6) is 0 Å². The third-order valence-electron chi connectivity index (χ3n) is 8.47. The molecule has 41 heavy (non-hydrogen) atoms. The van der Waals surface area contributed by atoms with Gasteiger partial charge >= 0.3 is 6.18 Å². The first-order valence-corrected chi connectivity index (χ1v) is 13.6. The van der Waals surface area contributed by atoms with Crippen molar-refractivity contribution in [1.29, 1.82) is 0 Å². The van der Waals surface area contributed by atoms with Gasteiger partial charge in [0.15, 0.2) is 12.0 Å². The van der Waals surface area contributed by atoms with Crippen molar-refractivity contribution in [3.05, 3.63) is 76.4 Å². The highest BCUT2D eigenvalue weighted by molar-refractivity contribution is 6.10. The van der Waals surface area contributed by atoms with Crippen molar-refractivity contribution < 1.29 is 32.2 Å². The van der Waals surface area contributed by atoms with Gasteiger partial charge in [-0.15, -0.1) is 10.2 Å². The van der Waals surface area contributed by atoms with Gasteiger partial charge in [0, 0.05) is 37.9 Å². The number of aryl methyl sites for hydroxylation is 1. The Morgan fingerprint density at radius 2 is 1.93 bits per heavy atom. The number of amides is 1. The Balaban J connectivity index is 1.29. The first-order valence-electron chi connectivity index (χ1n) is 13.6. The van der Waals surface area contributed by atoms with E-state index >= 15 is 4.39 Å². The molecule has 2 saturated heterocycles. The molecule has 1 amide bonds. The van der Waals surface area contributed by atoms with E-state index in [1.807, 2.05) is 11.8 Å². The first-order chi connectivity index (χ1) is 19.4. The topological polar surface area (TPSA) is 83.7 Å². The van der Waals surface area contributed by atoms with E-state index in [9.17, 15) is 23.1 Å². The largest absolute Gasteiger partial charge is 0.416 e. The van der Waals surface area contributed by atoms with E-state index in [2.05, 4.69) is 10.2 Å². The Hall–Kier alpha value is -3.35. The molecule has 218 valence electrons. The number of aromatic nitrogens is 3. The second kappa shape index (κ2) is 9.88. The maximum absolute atomic E-state index is 15.8. The van der Waals surface area contributed by atoms with Crippen LogP contribution in [0.4, 0.5) is 23.2 Å². The molecule has 4 heterocycles. The Kier molecular flexibility index (Phi) is 6.70. The van der Waals surface area contributed by atoms with Gasteiger partial charge < -0.3 is 19.3 Å². The maximum atomic E-state index is 15.8. The van der Waals surface area contributed by atoms with Crippen LogP contribution in [0.3, 0.4) is 0 Å². The summed E-state index contributed by atoms with van der Waals surface area (Å²) < 4.78 is 65.4. The van der Waals surface area contributed by atoms with Gasteiger partial charge in [-0.25, -0.2) is 4.39 Å². The summed E-state index contributed by atoms with van der Waals surface area (Å²) in [6, 6.07) is 9.33. The Bertz CT molecular complexity index is 1480. The average Bonchev–Trinajstić information content (AvgIpc) is 3.45. The fourth-order valence-corrected chi connectivity index (χ4v) is 6.33. The predicted octanol–water partition coefficient (Wildman–Crippen LogP) is 4.32. The molecule has 3 aliphatic heterocycles. The zero-order valence-electron chi connectivity index (χ0n) is 22.8. The molecule has 0 aliphatic carbocycles. The summed E-state index contributed by atoms with van der Waals surface area (Å²) in [6.07, 6.45) is -3.34. The number of nitrogens with zero attached hydrogens (tertiary/aromatic N) is 5. The fraction of sp³-hybridized carbons (Fsp3) is 0.483. The highest BCUT2D eigenvalue weighted by Crippen LogP contribution is 2.47. The smallest absolute Gasteiger partial charge is 0.387 e. The zero-order valence-corrected chi connectivity index (χ0v) is 22.8. The molecule has 6 rings (SSSR count). The van der Waals surface area contributed by atoms with E-state index in [1.165, 1.54) is 21.9 Å². The third kappa shape index (κ3) is 4.71. The van der Waals surface area contributed by atoms with Gasteiger partial charge in [-0.3, -0.25) is 9.69 Å². The van der Waals surface area contributed by atoms with Crippen molar-refractivity contribution in [2.24, 2.45) is 7.05 Å². The minimum atomic E-state index is -4.65. The summed E-state index contributed by atoms with van der Waals surface area (Å²) in [4.78, 5) is 16.8. The number of anilines is 1. The van der Waals surface area contributed by atoms with Crippen molar-refractivity contribution in [2.45, 2.75) is 56.2 Å². The number of alkyl halides is 4. The second-order valence-electron chi connectivity index (χ2n) is 11.5. The number of ether oxygens (including phenoxy) is 1. The molecular weight excluding hydrogens is 542 g/mol. The van der Waals surface area contributed by atoms with Crippen LogP contribution in [-0.2, 0) is 36.5 Å². The predicted molar refractivity (Wildman–Crippen MR) is 141 cm³/mol. The Morgan fingerprint density at radius 3 is 2.54 bits per heavy atom. The van der Waals surface area contributed by atoms with Crippen molar-refractivity contribution in [1.82, 2.24) is 19.7 Å². The normalized spacial score (nSPS) is 20.5. The van der Waals surface area contributed by atoms with E-state index < -0.39 is 34.8 Å². The number of hydrogen-bond acceptors (Lipinski definition) is 6. The number of carbonyl (C=O) groups excluding carboxylic acids is 1. The molecule has 3 aliphatic rings. The quantitative estimate of drug-likeness (QED) is 0.405. The molecule has 0 bridgehead atoms. The summed E-state index contributed by atoms with van der Waals surface area (Å²) in [5.74, 6) is -0.402. The molecule has 1 unspecified atom stereocenters. The van der Waals surface area contributed by atoms with Crippen LogP contribution in [-0.4, -0.2) is 62.6 Å². The van der Waals surface area contributed by atoms with Crippen LogP contribution in [0.1, 0.15) is 64.4 Å². The van der Waals surface area contributed by atoms with Gasteiger partial charge in [0.1, 0.15) is 6.33 Å². The van der Waals surface area contributed by atoms with Gasteiger partial charge in [0.25, 0.3) is 5.91 Å². The highest BCUT2D eigenvalue weighted by atomic mass is 19.4. The summed E-state index contributed by atoms with van der Waals surface area (Å²) in [5.41, 5.74) is -1.47. The maximum Gasteiger partial charge on any atom is 0.416 e. The highest BCUT2D eigenvalue weighted by Gasteiger charge is 2.51. The van der Waals surface area contributed by atoms with Gasteiger partial charge in [0.05, 0.1) is 36.3 Å². The van der Waals surface area contributed by atoms with Crippen LogP contribution in [0.25, 0.3) is 0 Å². The van der Waals surface area contributed by atoms with Crippen LogP contribution in [0.2, 0.25) is 0 Å². The van der Waals surface area contributed by atoms with Crippen molar-refractivity contribution in [3.63, 3.8) is 0 Å². The number of hydrogen-bond donors (Lipinski definition) is 1. The van der Waals surface area contributed by atoms with Crippen LogP contribution in [0, 0.1) is 0 Å². The zero-order chi connectivity index (χ0) is 29.2. The van der Waals surface area contributed by atoms with E-state index in [-0.39, 0.29) is 43.3 Å². The van der Waals surface area contributed by atoms with Gasteiger partial charge in [-0.1, -0.05) is 25.5 Å². The molecule has 1 N–H and O–H groups in total. The Labute approximate surface area is 234 Å². The molecular formula is C29H31F4N5O3. The summed E-state index contributed by atoms with van der Waals surface area (Å²) >= 11 is 0. The lowest BCUT2D eigenvalue weighted by Crippen LogP contribution is -2.60. The number of likely N-dealkylation sites (tertiary alicyclic amines) is 1. The lowest BCUT2D eigenvalue weighted by atomic mass is 9.74. The molecule has 0 spiro atoms. The average molecular weight is 574 g/mol. The third-order valence-corrected chi connectivity index (χ3v) is 8.47. The number of carbonyl (C=O) groups is 1. The fourth-order valence-electron chi connectivity index (χ4n) is 6.33. The minimum Gasteiger partial charge on any atom is -0.387 e. The van der Waals surface area contributed by atoms with Gasteiger partial charge in [-0.05, 0) is 47.4 Å². The molecule has 0 saturated carbocycles. The van der Waals surface area contributed by atoms with E-state index in [0.717, 1.165) is 12.5 Å². The van der Waals surface area contributed by atoms with Crippen LogP contribution < -0.4 is 4.90 Å². The SMILES string of the molecule is CCCC1(O)CN(Cc2cc3c(c(C(F)(F)F)c2)CN(c2cccc(C4(C(F)c5nncn5C)COC4)c2)C3=O)C1. The number of rotatable bonds is 8. The summed E-state index contributed by atoms with van der Waals surface area (Å²) in [7, 11) is 1.64. The lowest BCUT2D eigenvalue weighted by molar-refractivity contribution is -0.138.